The lowest BCUT2D eigenvalue weighted by Crippen LogP contribution is -2.06. The van der Waals surface area contributed by atoms with Crippen molar-refractivity contribution < 1.29 is 4.39 Å². The van der Waals surface area contributed by atoms with Gasteiger partial charge in [-0.15, -0.1) is 5.10 Å². The molecule has 1 aliphatic carbocycles. The quantitative estimate of drug-likeness (QED) is 0.552. The van der Waals surface area contributed by atoms with Crippen LogP contribution in [0.15, 0.2) is 28.0 Å². The maximum Gasteiger partial charge on any atom is 0.243 e. The van der Waals surface area contributed by atoms with E-state index < -0.39 is 0 Å². The summed E-state index contributed by atoms with van der Waals surface area (Å²) in [5, 5.41) is 9.77. The van der Waals surface area contributed by atoms with Crippen LogP contribution >= 0.6 is 39.1 Å². The Kier molecular flexibility index (Phi) is 4.98. The summed E-state index contributed by atoms with van der Waals surface area (Å²) in [6.45, 7) is 2.61. The minimum atomic E-state index is -0.0211. The molecule has 0 radical (unpaired) electrons. The minimum absolute atomic E-state index is 0.0211. The predicted molar refractivity (Wildman–Crippen MR) is 106 cm³/mol. The van der Waals surface area contributed by atoms with Crippen LogP contribution in [0.4, 0.5) is 10.2 Å². The molecule has 3 aromatic heterocycles. The Labute approximate surface area is 167 Å². The Balaban J connectivity index is 1.77. The van der Waals surface area contributed by atoms with Gasteiger partial charge in [0.15, 0.2) is 5.82 Å². The van der Waals surface area contributed by atoms with Crippen LogP contribution in [0.5, 0.6) is 0 Å². The van der Waals surface area contributed by atoms with Crippen LogP contribution in [0.3, 0.4) is 0 Å². The van der Waals surface area contributed by atoms with Gasteiger partial charge < -0.3 is 5.32 Å². The fraction of sp³-hybridized carbons (Fsp3) is 0.353. The largest absolute Gasteiger partial charge is 0.362 e. The Morgan fingerprint density at radius 1 is 1.50 bits per heavy atom. The van der Waals surface area contributed by atoms with Crippen molar-refractivity contribution in [2.75, 3.05) is 5.32 Å². The molecule has 5 nitrogen and oxygen atoms in total. The summed E-state index contributed by atoms with van der Waals surface area (Å²) in [5.74, 6) is 0.892. The first kappa shape index (κ1) is 17.9. The Morgan fingerprint density at radius 3 is 3.04 bits per heavy atom. The highest BCUT2D eigenvalue weighted by Gasteiger charge is 2.26. The van der Waals surface area contributed by atoms with Gasteiger partial charge in [-0.25, -0.2) is 8.91 Å². The van der Waals surface area contributed by atoms with Crippen molar-refractivity contribution in [2.24, 2.45) is 0 Å². The Bertz CT molecular complexity index is 985. The van der Waals surface area contributed by atoms with Crippen molar-refractivity contribution in [2.45, 2.75) is 38.6 Å². The van der Waals surface area contributed by atoms with Crippen LogP contribution < -0.4 is 5.32 Å². The number of nitrogens with one attached hydrogen (secondary N) is 1. The average Bonchev–Trinajstić information content (AvgIpc) is 3.22. The molecule has 0 aromatic carbocycles. The highest BCUT2D eigenvalue weighted by atomic mass is 79.9. The highest BCUT2D eigenvalue weighted by molar-refractivity contribution is 9.10. The first-order valence-electron chi connectivity index (χ1n) is 8.26. The maximum atomic E-state index is 13.4. The van der Waals surface area contributed by atoms with Crippen LogP contribution in [0.25, 0.3) is 5.52 Å². The van der Waals surface area contributed by atoms with E-state index in [1.165, 1.54) is 11.5 Å². The van der Waals surface area contributed by atoms with Gasteiger partial charge in [0, 0.05) is 5.38 Å². The minimum Gasteiger partial charge on any atom is -0.362 e. The van der Waals surface area contributed by atoms with Crippen LogP contribution in [-0.4, -0.2) is 19.0 Å². The topological polar surface area (TPSA) is 55.1 Å². The summed E-state index contributed by atoms with van der Waals surface area (Å²) >= 11 is 11.2. The number of aryl methyl sites for hydroxylation is 1. The molecule has 0 aliphatic heterocycles. The Morgan fingerprint density at radius 2 is 2.35 bits per heavy atom. The fourth-order valence-corrected chi connectivity index (χ4v) is 5.02. The van der Waals surface area contributed by atoms with E-state index in [0.717, 1.165) is 33.4 Å². The summed E-state index contributed by atoms with van der Waals surface area (Å²) in [4.78, 5) is 4.38. The summed E-state index contributed by atoms with van der Waals surface area (Å²) in [7, 11) is 0. The van der Waals surface area contributed by atoms with Crippen molar-refractivity contribution in [3.63, 3.8) is 0 Å². The second-order valence-electron chi connectivity index (χ2n) is 6.29. The SMILES string of the molecule is Cc1c(C2CC=C(F)CC2)c(Br)n2nc(Cl)nc(NCc3ccsn3)c12. The third-order valence-electron chi connectivity index (χ3n) is 4.68. The summed E-state index contributed by atoms with van der Waals surface area (Å²) in [6, 6.07) is 1.97. The molecule has 0 spiro atoms. The number of nitrogens with zero attached hydrogens (tertiary/aromatic N) is 4. The molecule has 1 atom stereocenters. The number of anilines is 1. The van der Waals surface area contributed by atoms with Crippen molar-refractivity contribution in [1.82, 2.24) is 19.0 Å². The van der Waals surface area contributed by atoms with Gasteiger partial charge in [0.2, 0.25) is 5.28 Å². The molecule has 3 heterocycles. The smallest absolute Gasteiger partial charge is 0.243 e. The molecule has 0 fully saturated rings. The summed E-state index contributed by atoms with van der Waals surface area (Å²) in [5.41, 5.74) is 4.04. The van der Waals surface area contributed by atoms with Gasteiger partial charge >= 0.3 is 0 Å². The van der Waals surface area contributed by atoms with Crippen molar-refractivity contribution in [3.8, 4) is 0 Å². The van der Waals surface area contributed by atoms with Gasteiger partial charge in [0.1, 0.15) is 10.1 Å². The van der Waals surface area contributed by atoms with Gasteiger partial charge in [0.05, 0.1) is 18.1 Å². The lowest BCUT2D eigenvalue weighted by atomic mass is 9.87. The molecule has 26 heavy (non-hydrogen) atoms. The maximum absolute atomic E-state index is 13.4. The van der Waals surface area contributed by atoms with Crippen molar-refractivity contribution in [1.29, 1.82) is 0 Å². The predicted octanol–water partition coefficient (Wildman–Crippen LogP) is 5.64. The van der Waals surface area contributed by atoms with E-state index in [2.05, 4.69) is 42.6 Å². The summed E-state index contributed by atoms with van der Waals surface area (Å²) < 4.78 is 20.4. The van der Waals surface area contributed by atoms with Crippen molar-refractivity contribution in [3.05, 3.63) is 50.1 Å². The average molecular weight is 457 g/mol. The molecule has 1 aliphatic rings. The number of aromatic nitrogens is 4. The zero-order valence-corrected chi connectivity index (χ0v) is 17.1. The first-order chi connectivity index (χ1) is 12.5. The van der Waals surface area contributed by atoms with E-state index in [0.29, 0.717) is 25.2 Å². The normalized spacial score (nSPS) is 17.5. The number of hydrogen-bond acceptors (Lipinski definition) is 5. The molecule has 0 saturated heterocycles. The van der Waals surface area contributed by atoms with Gasteiger partial charge in [-0.1, -0.05) is 6.08 Å². The van der Waals surface area contributed by atoms with Crippen LogP contribution in [0.2, 0.25) is 5.28 Å². The van der Waals surface area contributed by atoms with Crippen LogP contribution in [0.1, 0.15) is 42.0 Å². The molecular formula is C17H16BrClFN5S. The third kappa shape index (κ3) is 3.25. The molecule has 0 bridgehead atoms. The van der Waals surface area contributed by atoms with E-state index in [9.17, 15) is 4.39 Å². The zero-order valence-electron chi connectivity index (χ0n) is 14.0. The molecule has 0 amide bonds. The van der Waals surface area contributed by atoms with E-state index in [4.69, 9.17) is 11.6 Å². The van der Waals surface area contributed by atoms with E-state index >= 15 is 0 Å². The fourth-order valence-electron chi connectivity index (χ4n) is 3.44. The second-order valence-corrected chi connectivity index (χ2v) is 8.04. The number of rotatable bonds is 4. The summed E-state index contributed by atoms with van der Waals surface area (Å²) in [6.07, 6.45) is 3.62. The highest BCUT2D eigenvalue weighted by Crippen LogP contribution is 2.41. The van der Waals surface area contributed by atoms with E-state index in [1.807, 2.05) is 11.4 Å². The second kappa shape index (κ2) is 7.25. The number of fused-ring (bicyclic) bond motifs is 1. The standard InChI is InChI=1S/C17H16BrClFN5S/c1-9-13(10-2-4-11(20)5-3-10)15(18)25-14(9)16(22-17(19)23-25)21-8-12-6-7-26-24-12/h4,6-7,10H,2-3,5,8H2,1H3,(H,21,22,23). The number of halogens is 3. The monoisotopic (exact) mass is 455 g/mol. The lowest BCUT2D eigenvalue weighted by molar-refractivity contribution is 0.495. The number of allylic oxidation sites excluding steroid dienone is 2. The number of hydrogen-bond donors (Lipinski definition) is 1. The first-order valence-corrected chi connectivity index (χ1v) is 10.3. The molecule has 3 aromatic rings. The molecular weight excluding hydrogens is 441 g/mol. The molecule has 0 saturated carbocycles. The van der Waals surface area contributed by atoms with Gasteiger partial charge in [-0.05, 0) is 88.4 Å². The van der Waals surface area contributed by atoms with E-state index in [-0.39, 0.29) is 17.0 Å². The molecule has 1 unspecified atom stereocenters. The molecule has 9 heteroatoms. The van der Waals surface area contributed by atoms with Crippen LogP contribution in [-0.2, 0) is 6.54 Å². The van der Waals surface area contributed by atoms with Gasteiger partial charge in [-0.3, -0.25) is 0 Å². The zero-order chi connectivity index (χ0) is 18.3. The molecule has 136 valence electrons. The molecule has 4 rings (SSSR count). The third-order valence-corrected chi connectivity index (χ3v) is 6.20. The molecule has 1 N–H and O–H groups in total. The lowest BCUT2D eigenvalue weighted by Gasteiger charge is -2.19. The van der Waals surface area contributed by atoms with Crippen LogP contribution in [0, 0.1) is 6.92 Å². The Hall–Kier alpha value is -1.51. The van der Waals surface area contributed by atoms with E-state index in [1.54, 1.807) is 10.6 Å². The van der Waals surface area contributed by atoms with Gasteiger partial charge in [0.25, 0.3) is 0 Å². The van der Waals surface area contributed by atoms with Gasteiger partial charge in [-0.2, -0.15) is 9.36 Å². The van der Waals surface area contributed by atoms with Crippen molar-refractivity contribution >= 4 is 50.4 Å².